The van der Waals surface area contributed by atoms with Crippen LogP contribution in [0.4, 0.5) is 22.7 Å². The number of nitrogens with two attached hydrogens (primary N) is 1. The predicted octanol–water partition coefficient (Wildman–Crippen LogP) is 5.38. The van der Waals surface area contributed by atoms with Gasteiger partial charge in [-0.3, -0.25) is 0 Å². The molecule has 4 heteroatoms. The molecule has 4 rings (SSSR count). The monoisotopic (exact) mass is 322 g/mol. The van der Waals surface area contributed by atoms with Crippen LogP contribution >= 0.6 is 11.6 Å². The number of methoxy groups -OCH3 is 1. The Morgan fingerprint density at radius 1 is 0.957 bits per heavy atom. The number of ether oxygens (including phenoxy) is 1. The molecule has 0 aromatic heterocycles. The Morgan fingerprint density at radius 2 is 1.65 bits per heavy atom. The lowest BCUT2D eigenvalue weighted by Gasteiger charge is -2.08. The largest absolute Gasteiger partial charge is 0.496 e. The number of halogens is 1. The number of benzene rings is 3. The molecule has 3 aromatic carbocycles. The summed E-state index contributed by atoms with van der Waals surface area (Å²) in [5.41, 5.74) is 11.8. The molecular formula is C19H15ClN2O. The van der Waals surface area contributed by atoms with Gasteiger partial charge in [0.2, 0.25) is 0 Å². The third-order valence-electron chi connectivity index (χ3n) is 4.02. The summed E-state index contributed by atoms with van der Waals surface area (Å²) in [5, 5.41) is 0.688. The zero-order valence-corrected chi connectivity index (χ0v) is 13.3. The van der Waals surface area contributed by atoms with Crippen LogP contribution in [0, 0.1) is 0 Å². The SMILES string of the molecule is COc1cc(Cl)c2c(c1-c1ccccc1)N2c1ccc(N)cc1. The summed E-state index contributed by atoms with van der Waals surface area (Å²) >= 11 is 6.43. The Bertz CT molecular complexity index is 876. The van der Waals surface area contributed by atoms with Crippen molar-refractivity contribution in [3.05, 3.63) is 65.7 Å². The zero-order valence-electron chi connectivity index (χ0n) is 12.6. The molecule has 1 aliphatic rings. The first-order chi connectivity index (χ1) is 11.2. The molecule has 3 aromatic rings. The van der Waals surface area contributed by atoms with Crippen LogP contribution in [0.3, 0.4) is 0 Å². The molecule has 0 aliphatic carbocycles. The molecule has 0 bridgehead atoms. The van der Waals surface area contributed by atoms with Crippen molar-refractivity contribution >= 4 is 34.4 Å². The normalized spacial score (nSPS) is 12.0. The number of hydrogen-bond acceptors (Lipinski definition) is 3. The van der Waals surface area contributed by atoms with Gasteiger partial charge in [-0.05, 0) is 29.8 Å². The summed E-state index contributed by atoms with van der Waals surface area (Å²) in [6, 6.07) is 19.8. The topological polar surface area (TPSA) is 38.3 Å². The van der Waals surface area contributed by atoms with Crippen molar-refractivity contribution in [1.29, 1.82) is 0 Å². The highest BCUT2D eigenvalue weighted by Gasteiger charge is 2.39. The molecular weight excluding hydrogens is 308 g/mol. The first-order valence-electron chi connectivity index (χ1n) is 7.32. The highest BCUT2D eigenvalue weighted by molar-refractivity contribution is 6.38. The Hall–Kier alpha value is -2.65. The summed E-state index contributed by atoms with van der Waals surface area (Å²) < 4.78 is 5.57. The molecule has 1 heterocycles. The van der Waals surface area contributed by atoms with Crippen molar-refractivity contribution in [1.82, 2.24) is 0 Å². The number of nitrogen functional groups attached to an aromatic ring is 1. The van der Waals surface area contributed by atoms with Gasteiger partial charge >= 0.3 is 0 Å². The molecule has 0 unspecified atom stereocenters. The smallest absolute Gasteiger partial charge is 0.130 e. The van der Waals surface area contributed by atoms with Gasteiger partial charge in [-0.2, -0.15) is 0 Å². The Balaban J connectivity index is 1.89. The third kappa shape index (κ3) is 2.21. The second kappa shape index (κ2) is 5.21. The maximum atomic E-state index is 6.43. The van der Waals surface area contributed by atoms with E-state index in [1.54, 1.807) is 7.11 Å². The summed E-state index contributed by atoms with van der Waals surface area (Å²) in [5.74, 6) is 0.776. The van der Waals surface area contributed by atoms with Gasteiger partial charge in [0.05, 0.1) is 29.1 Å². The predicted molar refractivity (Wildman–Crippen MR) is 96.1 cm³/mol. The number of nitrogens with zero attached hydrogens (tertiary/aromatic N) is 1. The standard InChI is InChI=1S/C19H15ClN2O/c1-23-16-11-15(20)18-19(17(16)12-5-3-2-4-6-12)22(18)14-9-7-13(21)8-10-14/h2-11H,21H2,1H3. The first-order valence-corrected chi connectivity index (χ1v) is 7.70. The van der Waals surface area contributed by atoms with Crippen LogP contribution in [0.15, 0.2) is 60.7 Å². The fraction of sp³-hybridized carbons (Fsp3) is 0.0526. The highest BCUT2D eigenvalue weighted by Crippen LogP contribution is 2.64. The fourth-order valence-corrected chi connectivity index (χ4v) is 3.19. The number of hydrogen-bond donors (Lipinski definition) is 1. The van der Waals surface area contributed by atoms with Gasteiger partial charge in [-0.15, -0.1) is 0 Å². The maximum Gasteiger partial charge on any atom is 0.130 e. The molecule has 0 fully saturated rings. The van der Waals surface area contributed by atoms with Gasteiger partial charge in [-0.25, -0.2) is 0 Å². The van der Waals surface area contributed by atoms with Crippen molar-refractivity contribution < 1.29 is 4.74 Å². The van der Waals surface area contributed by atoms with E-state index < -0.39 is 0 Å². The van der Waals surface area contributed by atoms with E-state index in [-0.39, 0.29) is 0 Å². The summed E-state index contributed by atoms with van der Waals surface area (Å²) in [4.78, 5) is 2.13. The van der Waals surface area contributed by atoms with E-state index in [9.17, 15) is 0 Å². The molecule has 114 valence electrons. The zero-order chi connectivity index (χ0) is 16.0. The minimum atomic E-state index is 0.688. The molecule has 3 nitrogen and oxygen atoms in total. The highest BCUT2D eigenvalue weighted by atomic mass is 35.5. The molecule has 1 aliphatic heterocycles. The van der Waals surface area contributed by atoms with Crippen molar-refractivity contribution in [3.8, 4) is 16.9 Å². The summed E-state index contributed by atoms with van der Waals surface area (Å²) in [6.07, 6.45) is 0. The lowest BCUT2D eigenvalue weighted by Crippen LogP contribution is -1.91. The van der Waals surface area contributed by atoms with E-state index in [0.717, 1.165) is 39.6 Å². The molecule has 23 heavy (non-hydrogen) atoms. The Kier molecular flexibility index (Phi) is 3.17. The average molecular weight is 323 g/mol. The van der Waals surface area contributed by atoms with Crippen LogP contribution < -0.4 is 15.4 Å². The molecule has 0 saturated heterocycles. The maximum absolute atomic E-state index is 6.43. The fourth-order valence-electron chi connectivity index (χ4n) is 2.91. The van der Waals surface area contributed by atoms with Crippen molar-refractivity contribution in [2.75, 3.05) is 17.7 Å². The van der Waals surface area contributed by atoms with E-state index in [2.05, 4.69) is 17.0 Å². The van der Waals surface area contributed by atoms with Gasteiger partial charge in [0, 0.05) is 17.4 Å². The van der Waals surface area contributed by atoms with Crippen LogP contribution in [0.25, 0.3) is 11.1 Å². The van der Waals surface area contributed by atoms with Crippen molar-refractivity contribution in [2.45, 2.75) is 0 Å². The second-order valence-electron chi connectivity index (χ2n) is 5.43. The molecule has 0 saturated carbocycles. The molecule has 0 amide bonds. The van der Waals surface area contributed by atoms with E-state index in [4.69, 9.17) is 22.1 Å². The van der Waals surface area contributed by atoms with Crippen molar-refractivity contribution in [3.63, 3.8) is 0 Å². The summed E-state index contributed by atoms with van der Waals surface area (Å²) in [7, 11) is 1.67. The van der Waals surface area contributed by atoms with Crippen LogP contribution in [0.1, 0.15) is 0 Å². The summed E-state index contributed by atoms with van der Waals surface area (Å²) in [6.45, 7) is 0. The molecule has 0 atom stereocenters. The Labute approximate surface area is 139 Å². The van der Waals surface area contributed by atoms with E-state index in [0.29, 0.717) is 5.02 Å². The number of anilines is 4. The molecule has 0 radical (unpaired) electrons. The second-order valence-corrected chi connectivity index (χ2v) is 5.83. The van der Waals surface area contributed by atoms with Gasteiger partial charge in [0.25, 0.3) is 0 Å². The molecule has 0 spiro atoms. The van der Waals surface area contributed by atoms with Crippen LogP contribution in [-0.2, 0) is 0 Å². The quantitative estimate of drug-likeness (QED) is 0.406. The van der Waals surface area contributed by atoms with Gasteiger partial charge in [-0.1, -0.05) is 41.9 Å². The van der Waals surface area contributed by atoms with Gasteiger partial charge in [0.15, 0.2) is 0 Å². The van der Waals surface area contributed by atoms with E-state index >= 15 is 0 Å². The third-order valence-corrected chi connectivity index (χ3v) is 4.31. The van der Waals surface area contributed by atoms with E-state index in [1.165, 1.54) is 0 Å². The number of rotatable bonds is 3. The van der Waals surface area contributed by atoms with Crippen LogP contribution in [0.2, 0.25) is 5.02 Å². The Morgan fingerprint density at radius 3 is 2.30 bits per heavy atom. The first kappa shape index (κ1) is 14.0. The van der Waals surface area contributed by atoms with Crippen LogP contribution in [0.5, 0.6) is 5.75 Å². The number of fused-ring (bicyclic) bond motifs is 1. The molecule has 2 N–H and O–H groups in total. The van der Waals surface area contributed by atoms with Crippen molar-refractivity contribution in [2.24, 2.45) is 0 Å². The van der Waals surface area contributed by atoms with Gasteiger partial charge < -0.3 is 15.4 Å². The van der Waals surface area contributed by atoms with E-state index in [1.807, 2.05) is 48.5 Å². The van der Waals surface area contributed by atoms with Gasteiger partial charge in [0.1, 0.15) is 5.75 Å². The van der Waals surface area contributed by atoms with Crippen LogP contribution in [-0.4, -0.2) is 7.11 Å². The lowest BCUT2D eigenvalue weighted by molar-refractivity contribution is 0.417. The minimum absolute atomic E-state index is 0.688. The lowest BCUT2D eigenvalue weighted by atomic mass is 10.0. The minimum Gasteiger partial charge on any atom is -0.496 e. The average Bonchev–Trinajstić information content (AvgIpc) is 3.32.